The van der Waals surface area contributed by atoms with Crippen molar-refractivity contribution in [2.24, 2.45) is 0 Å². The number of hydrogen-bond acceptors (Lipinski definition) is 4. The summed E-state index contributed by atoms with van der Waals surface area (Å²) in [5, 5.41) is 0. The van der Waals surface area contributed by atoms with Crippen LogP contribution in [-0.2, 0) is 9.31 Å². The van der Waals surface area contributed by atoms with Gasteiger partial charge < -0.3 is 23.3 Å². The lowest BCUT2D eigenvalue weighted by Gasteiger charge is -2.47. The number of quaternary nitrogens is 1. The van der Waals surface area contributed by atoms with E-state index in [1.54, 1.807) is 0 Å². The zero-order valence-electron chi connectivity index (χ0n) is 24.8. The molecule has 0 unspecified atom stereocenters. The summed E-state index contributed by atoms with van der Waals surface area (Å²) in [6.07, 6.45) is 3.32. The molecule has 6 heteroatoms. The van der Waals surface area contributed by atoms with Gasteiger partial charge in [0.15, 0.2) is 0 Å². The number of benzene rings is 3. The van der Waals surface area contributed by atoms with E-state index in [9.17, 15) is 0 Å². The van der Waals surface area contributed by atoms with E-state index in [2.05, 4.69) is 112 Å². The largest absolute Gasteiger partial charge is 0.505 e. The number of allylic oxidation sites excluding steroid dienone is 1. The Balaban J connectivity index is 1.52. The van der Waals surface area contributed by atoms with Crippen LogP contribution in [0.2, 0.25) is 0 Å². The van der Waals surface area contributed by atoms with Crippen LogP contribution in [0.25, 0.3) is 11.1 Å². The molecule has 5 nitrogen and oxygen atoms in total. The first kappa shape index (κ1) is 28.6. The number of hydrogen-bond donors (Lipinski definition) is 0. The van der Waals surface area contributed by atoms with Gasteiger partial charge >= 0.3 is 6.69 Å². The van der Waals surface area contributed by atoms with E-state index < -0.39 is 6.69 Å². The fourth-order valence-electron chi connectivity index (χ4n) is 6.62. The van der Waals surface area contributed by atoms with Gasteiger partial charge in [-0.15, -0.1) is 0 Å². The summed E-state index contributed by atoms with van der Waals surface area (Å²) >= 11 is 0. The number of fused-ring (bicyclic) bond motifs is 1. The first-order chi connectivity index (χ1) is 19.5. The van der Waals surface area contributed by atoms with Crippen molar-refractivity contribution in [1.29, 1.82) is 0 Å². The first-order valence-corrected chi connectivity index (χ1v) is 15.1. The number of likely N-dealkylation sites (N-methyl/N-ethyl adjacent to an activating group) is 1. The minimum atomic E-state index is -1.51. The standard InChI is InChI=1S/C34H45BN2O3/c1-5-7-22-37-23-26-39-35(37,40-27-24-37)31-17-13-29(14-18-31)34(33(6-2)28-11-9-8-10-12-28)30-15-19-32(20-16-30)38-25-21-36(3)4/h8-20H,5-7,21-27H2,1-4H3/b34-33-. The van der Waals surface area contributed by atoms with Crippen molar-refractivity contribution in [3.8, 4) is 5.75 Å². The van der Waals surface area contributed by atoms with E-state index in [0.717, 1.165) is 56.0 Å². The van der Waals surface area contributed by atoms with Gasteiger partial charge in [0.05, 0.1) is 26.3 Å². The van der Waals surface area contributed by atoms with Crippen molar-refractivity contribution >= 4 is 23.3 Å². The van der Waals surface area contributed by atoms with E-state index in [1.807, 2.05) is 0 Å². The number of rotatable bonds is 12. The fourth-order valence-corrected chi connectivity index (χ4v) is 6.62. The highest BCUT2D eigenvalue weighted by Crippen LogP contribution is 2.37. The van der Waals surface area contributed by atoms with Gasteiger partial charge in [-0.2, -0.15) is 0 Å². The van der Waals surface area contributed by atoms with Crippen LogP contribution in [0.3, 0.4) is 0 Å². The molecule has 2 aliphatic rings. The molecule has 0 saturated carbocycles. The topological polar surface area (TPSA) is 30.9 Å². The quantitative estimate of drug-likeness (QED) is 0.214. The van der Waals surface area contributed by atoms with Crippen LogP contribution in [-0.4, -0.2) is 76.1 Å². The highest BCUT2D eigenvalue weighted by atomic mass is 16.6. The zero-order valence-corrected chi connectivity index (χ0v) is 24.8. The highest BCUT2D eigenvalue weighted by molar-refractivity contribution is 6.75. The molecule has 0 bridgehead atoms. The molecular formula is C34H45BN2O3. The Morgan fingerprint density at radius 1 is 0.825 bits per heavy atom. The van der Waals surface area contributed by atoms with Crippen LogP contribution in [0.1, 0.15) is 49.8 Å². The Labute approximate surface area is 241 Å². The zero-order chi connectivity index (χ0) is 28.0. The van der Waals surface area contributed by atoms with E-state index >= 15 is 0 Å². The normalized spacial score (nSPS) is 22.8. The van der Waals surface area contributed by atoms with Crippen molar-refractivity contribution in [1.82, 2.24) is 4.90 Å². The highest BCUT2D eigenvalue weighted by Gasteiger charge is 2.58. The third-order valence-electron chi connectivity index (χ3n) is 8.79. The second-order valence-corrected chi connectivity index (χ2v) is 11.5. The summed E-state index contributed by atoms with van der Waals surface area (Å²) in [7, 11) is 4.13. The van der Waals surface area contributed by atoms with Crippen LogP contribution in [0.15, 0.2) is 78.9 Å². The van der Waals surface area contributed by atoms with Gasteiger partial charge in [-0.05, 0) is 66.9 Å². The molecule has 0 aromatic heterocycles. The monoisotopic (exact) mass is 540 g/mol. The molecule has 0 aliphatic carbocycles. The SMILES string of the molecule is CCCC[N+]12CCO[B-]1(c1ccc(/C(=C(\CC)c3ccccc3)c3ccc(OCCN(C)C)cc3)cc1)OCC2. The first-order valence-electron chi connectivity index (χ1n) is 15.1. The molecule has 2 saturated heterocycles. The van der Waals surface area contributed by atoms with Crippen LogP contribution in [0.5, 0.6) is 5.75 Å². The molecule has 2 aliphatic heterocycles. The lowest BCUT2D eigenvalue weighted by atomic mass is 9.60. The maximum Gasteiger partial charge on any atom is 0.502 e. The van der Waals surface area contributed by atoms with Crippen molar-refractivity contribution in [2.75, 3.05) is 60.1 Å². The Kier molecular flexibility index (Phi) is 9.12. The molecule has 40 heavy (non-hydrogen) atoms. The third kappa shape index (κ3) is 5.64. The number of ether oxygens (including phenoxy) is 1. The Morgan fingerprint density at radius 3 is 2.02 bits per heavy atom. The molecule has 212 valence electrons. The van der Waals surface area contributed by atoms with E-state index in [0.29, 0.717) is 6.61 Å². The summed E-state index contributed by atoms with van der Waals surface area (Å²) in [5.41, 5.74) is 7.44. The molecule has 3 aromatic rings. The summed E-state index contributed by atoms with van der Waals surface area (Å²) in [6, 6.07) is 28.4. The predicted molar refractivity (Wildman–Crippen MR) is 167 cm³/mol. The maximum atomic E-state index is 6.52. The van der Waals surface area contributed by atoms with E-state index in [1.165, 1.54) is 46.1 Å². The van der Waals surface area contributed by atoms with Gasteiger partial charge in [0.2, 0.25) is 0 Å². The fraction of sp³-hybridized carbons (Fsp3) is 0.412. The lowest BCUT2D eigenvalue weighted by molar-refractivity contribution is -0.820. The Bertz CT molecular complexity index is 1260. The van der Waals surface area contributed by atoms with Crippen LogP contribution in [0, 0.1) is 0 Å². The van der Waals surface area contributed by atoms with Crippen molar-refractivity contribution < 1.29 is 18.4 Å². The molecule has 0 atom stereocenters. The molecule has 0 N–H and O–H groups in total. The van der Waals surface area contributed by atoms with Crippen LogP contribution < -0.4 is 10.2 Å². The van der Waals surface area contributed by atoms with Crippen molar-refractivity contribution in [3.63, 3.8) is 0 Å². The maximum absolute atomic E-state index is 6.52. The predicted octanol–water partition coefficient (Wildman–Crippen LogP) is 5.82. The molecule has 5 rings (SSSR count). The molecule has 0 spiro atoms. The number of unbranched alkanes of at least 4 members (excludes halogenated alkanes) is 1. The average molecular weight is 541 g/mol. The van der Waals surface area contributed by atoms with Crippen LogP contribution >= 0.6 is 0 Å². The molecule has 3 aromatic carbocycles. The summed E-state index contributed by atoms with van der Waals surface area (Å²) in [6.45, 7) is 9.33. The van der Waals surface area contributed by atoms with Gasteiger partial charge in [0, 0.05) is 13.1 Å². The minimum absolute atomic E-state index is 0.673. The summed E-state index contributed by atoms with van der Waals surface area (Å²) in [5.74, 6) is 0.901. The third-order valence-corrected chi connectivity index (χ3v) is 8.79. The lowest BCUT2D eigenvalue weighted by Crippen LogP contribution is -2.69. The van der Waals surface area contributed by atoms with Gasteiger partial charge in [-0.3, -0.25) is 0 Å². The second kappa shape index (κ2) is 12.7. The van der Waals surface area contributed by atoms with E-state index in [4.69, 9.17) is 14.0 Å². The Morgan fingerprint density at radius 2 is 1.45 bits per heavy atom. The summed E-state index contributed by atoms with van der Waals surface area (Å²) in [4.78, 5) is 2.13. The van der Waals surface area contributed by atoms with E-state index in [-0.39, 0.29) is 0 Å². The average Bonchev–Trinajstić information content (AvgIpc) is 3.52. The molecule has 0 amide bonds. The molecule has 2 heterocycles. The van der Waals surface area contributed by atoms with Crippen LogP contribution in [0.4, 0.5) is 0 Å². The second-order valence-electron chi connectivity index (χ2n) is 11.5. The van der Waals surface area contributed by atoms with Crippen molar-refractivity contribution in [3.05, 3.63) is 95.6 Å². The molecule has 0 radical (unpaired) electrons. The molecule has 2 fully saturated rings. The van der Waals surface area contributed by atoms with Gasteiger partial charge in [0.1, 0.15) is 12.4 Å². The Hall–Kier alpha value is -2.90. The number of nitrogens with zero attached hydrogens (tertiary/aromatic N) is 2. The van der Waals surface area contributed by atoms with Gasteiger partial charge in [-0.1, -0.05) is 92.5 Å². The van der Waals surface area contributed by atoms with Gasteiger partial charge in [0.25, 0.3) is 0 Å². The van der Waals surface area contributed by atoms with Gasteiger partial charge in [-0.25, -0.2) is 0 Å². The molecular weight excluding hydrogens is 495 g/mol. The summed E-state index contributed by atoms with van der Waals surface area (Å²) < 4.78 is 20.0. The smallest absolute Gasteiger partial charge is 0.502 e. The van der Waals surface area contributed by atoms with Crippen molar-refractivity contribution in [2.45, 2.75) is 33.1 Å². The minimum Gasteiger partial charge on any atom is -0.505 e.